The summed E-state index contributed by atoms with van der Waals surface area (Å²) in [5.41, 5.74) is -0.406. The maximum atomic E-state index is 13.0. The summed E-state index contributed by atoms with van der Waals surface area (Å²) < 4.78 is 16.0. The summed E-state index contributed by atoms with van der Waals surface area (Å²) >= 11 is 0. The number of ether oxygens (including phenoxy) is 1. The summed E-state index contributed by atoms with van der Waals surface area (Å²) in [4.78, 5) is 51.8. The van der Waals surface area contributed by atoms with Crippen LogP contribution in [-0.4, -0.2) is 58.1 Å². The predicted molar refractivity (Wildman–Crippen MR) is 120 cm³/mol. The van der Waals surface area contributed by atoms with Crippen molar-refractivity contribution in [1.29, 1.82) is 0 Å². The number of urea groups is 1. The lowest BCUT2D eigenvalue weighted by atomic mass is 9.73. The number of nitrogens with one attached hydrogen (secondary N) is 1. The van der Waals surface area contributed by atoms with Gasteiger partial charge in [0, 0.05) is 6.42 Å². The van der Waals surface area contributed by atoms with E-state index in [9.17, 15) is 19.2 Å². The van der Waals surface area contributed by atoms with Crippen LogP contribution in [0, 0.1) is 5.92 Å². The fourth-order valence-corrected chi connectivity index (χ4v) is 5.06. The molecule has 1 N–H and O–H groups in total. The Bertz CT molecular complexity index is 1160. The largest absolute Gasteiger partial charge is 0.467 e. The topological polar surface area (TPSA) is 135 Å². The Morgan fingerprint density at radius 3 is 2.71 bits per heavy atom. The van der Waals surface area contributed by atoms with Crippen LogP contribution in [0.4, 0.5) is 4.79 Å². The number of hydrogen-bond acceptors (Lipinski definition) is 8. The zero-order valence-electron chi connectivity index (χ0n) is 19.3. The van der Waals surface area contributed by atoms with Crippen molar-refractivity contribution in [3.63, 3.8) is 0 Å². The van der Waals surface area contributed by atoms with Gasteiger partial charge in [-0.25, -0.2) is 9.80 Å². The summed E-state index contributed by atoms with van der Waals surface area (Å²) in [6, 6.07) is 5.77. The van der Waals surface area contributed by atoms with Gasteiger partial charge in [-0.3, -0.25) is 19.3 Å². The third-order valence-corrected chi connectivity index (χ3v) is 6.99. The van der Waals surface area contributed by atoms with E-state index >= 15 is 0 Å². The highest BCUT2D eigenvalue weighted by Gasteiger charge is 2.55. The molecule has 11 heteroatoms. The molecule has 0 bridgehead atoms. The molecule has 35 heavy (non-hydrogen) atoms. The molecule has 2 aliphatic heterocycles. The molecule has 1 spiro atoms. The molecule has 3 aliphatic rings. The minimum atomic E-state index is -0.964. The molecule has 3 atom stereocenters. The monoisotopic (exact) mass is 482 g/mol. The molecule has 184 valence electrons. The zero-order valence-corrected chi connectivity index (χ0v) is 19.3. The smallest absolute Gasteiger partial charge is 0.326 e. The van der Waals surface area contributed by atoms with Gasteiger partial charge in [-0.1, -0.05) is 19.8 Å². The number of esters is 1. The number of hydrazone groups is 1. The molecular weight excluding hydrogens is 456 g/mol. The van der Waals surface area contributed by atoms with E-state index in [1.54, 1.807) is 24.3 Å². The van der Waals surface area contributed by atoms with E-state index in [4.69, 9.17) is 13.6 Å². The van der Waals surface area contributed by atoms with Crippen molar-refractivity contribution in [2.24, 2.45) is 11.0 Å². The Kier molecular flexibility index (Phi) is 5.91. The lowest BCUT2D eigenvalue weighted by Crippen LogP contribution is -2.54. The Balaban J connectivity index is 1.23. The fourth-order valence-electron chi connectivity index (χ4n) is 5.06. The average molecular weight is 482 g/mol. The van der Waals surface area contributed by atoms with Crippen LogP contribution in [0.25, 0.3) is 0 Å². The van der Waals surface area contributed by atoms with E-state index < -0.39 is 48.5 Å². The highest BCUT2D eigenvalue weighted by molar-refractivity contribution is 6.09. The molecule has 2 aromatic heterocycles. The zero-order chi connectivity index (χ0) is 24.6. The van der Waals surface area contributed by atoms with Gasteiger partial charge in [-0.05, 0) is 43.0 Å². The molecule has 0 aromatic carbocycles. The Morgan fingerprint density at radius 1 is 1.20 bits per heavy atom. The number of nitrogens with zero attached hydrogens (tertiary/aromatic N) is 3. The maximum Gasteiger partial charge on any atom is 0.326 e. The van der Waals surface area contributed by atoms with Crippen molar-refractivity contribution in [2.45, 2.75) is 50.6 Å². The van der Waals surface area contributed by atoms with E-state index in [1.807, 2.05) is 6.92 Å². The molecule has 11 nitrogen and oxygen atoms in total. The molecule has 4 amide bonds. The Labute approximate surface area is 201 Å². The number of rotatable bonds is 6. The summed E-state index contributed by atoms with van der Waals surface area (Å²) in [6.45, 7) is 0.770. The Hall–Kier alpha value is -3.89. The summed E-state index contributed by atoms with van der Waals surface area (Å²) in [6.07, 6.45) is 6.57. The van der Waals surface area contributed by atoms with Gasteiger partial charge >= 0.3 is 12.0 Å². The van der Waals surface area contributed by atoms with Crippen LogP contribution in [-0.2, 0) is 19.1 Å². The van der Waals surface area contributed by atoms with E-state index in [0.29, 0.717) is 30.1 Å². The van der Waals surface area contributed by atoms with Crippen LogP contribution in [0.2, 0.25) is 0 Å². The first-order valence-corrected chi connectivity index (χ1v) is 11.7. The molecule has 1 saturated heterocycles. The summed E-state index contributed by atoms with van der Waals surface area (Å²) in [5, 5.41) is 8.36. The molecule has 3 unspecified atom stereocenters. The lowest BCUT2D eigenvalue weighted by Gasteiger charge is -2.36. The molecule has 1 aliphatic carbocycles. The first-order valence-electron chi connectivity index (χ1n) is 11.7. The van der Waals surface area contributed by atoms with Crippen molar-refractivity contribution in [3.05, 3.63) is 48.3 Å². The van der Waals surface area contributed by atoms with Crippen LogP contribution < -0.4 is 5.32 Å². The molecule has 4 heterocycles. The van der Waals surface area contributed by atoms with Gasteiger partial charge < -0.3 is 18.9 Å². The molecule has 2 fully saturated rings. The fraction of sp³-hybridized carbons (Fsp3) is 0.458. The minimum Gasteiger partial charge on any atom is -0.467 e. The second-order valence-electron chi connectivity index (χ2n) is 9.10. The van der Waals surface area contributed by atoms with Gasteiger partial charge in [0.15, 0.2) is 6.61 Å². The van der Waals surface area contributed by atoms with Crippen LogP contribution >= 0.6 is 0 Å². The highest BCUT2D eigenvalue weighted by Crippen LogP contribution is 2.38. The van der Waals surface area contributed by atoms with Gasteiger partial charge in [-0.15, -0.1) is 0 Å². The third-order valence-electron chi connectivity index (χ3n) is 6.99. The maximum absolute atomic E-state index is 13.0. The summed E-state index contributed by atoms with van der Waals surface area (Å²) in [5.74, 6) is -0.810. The van der Waals surface area contributed by atoms with E-state index in [2.05, 4.69) is 10.4 Å². The number of hydrogen-bond donors (Lipinski definition) is 1. The number of carbonyl (C=O) groups excluding carboxylic acids is 4. The lowest BCUT2D eigenvalue weighted by molar-refractivity contribution is -0.154. The van der Waals surface area contributed by atoms with E-state index in [1.165, 1.54) is 17.5 Å². The van der Waals surface area contributed by atoms with Gasteiger partial charge in [0.25, 0.3) is 11.8 Å². The summed E-state index contributed by atoms with van der Waals surface area (Å²) in [7, 11) is 0. The number of amides is 4. The second kappa shape index (κ2) is 9.05. The van der Waals surface area contributed by atoms with Crippen molar-refractivity contribution in [2.75, 3.05) is 13.2 Å². The average Bonchev–Trinajstić information content (AvgIpc) is 3.64. The second-order valence-corrected chi connectivity index (χ2v) is 9.10. The normalized spacial score (nSPS) is 26.3. The number of imide groups is 1. The van der Waals surface area contributed by atoms with Crippen LogP contribution in [0.5, 0.6) is 0 Å². The Morgan fingerprint density at radius 2 is 2.00 bits per heavy atom. The SMILES string of the molecule is CC1CCCCC12NC(=O)N(CC(=O)OCC(=O)N1N=C(c3ccco3)CC1c1ccco1)C2=O. The molecule has 0 radical (unpaired) electrons. The molecule has 2 aromatic rings. The van der Waals surface area contributed by atoms with Crippen LogP contribution in [0.3, 0.4) is 0 Å². The highest BCUT2D eigenvalue weighted by atomic mass is 16.5. The van der Waals surface area contributed by atoms with E-state index in [0.717, 1.165) is 24.2 Å². The van der Waals surface area contributed by atoms with Gasteiger partial charge in [0.2, 0.25) is 0 Å². The van der Waals surface area contributed by atoms with Crippen molar-refractivity contribution in [3.8, 4) is 0 Å². The van der Waals surface area contributed by atoms with Crippen molar-refractivity contribution < 1.29 is 32.7 Å². The van der Waals surface area contributed by atoms with Crippen molar-refractivity contribution in [1.82, 2.24) is 15.2 Å². The molecule has 1 saturated carbocycles. The first-order chi connectivity index (χ1) is 16.9. The van der Waals surface area contributed by atoms with Crippen molar-refractivity contribution >= 4 is 29.5 Å². The molecular formula is C24H26N4O7. The quantitative estimate of drug-likeness (QED) is 0.494. The van der Waals surface area contributed by atoms with Gasteiger partial charge in [0.05, 0.1) is 12.5 Å². The predicted octanol–water partition coefficient (Wildman–Crippen LogP) is 2.59. The van der Waals surface area contributed by atoms with Crippen LogP contribution in [0.15, 0.2) is 50.7 Å². The minimum absolute atomic E-state index is 0.0229. The number of carbonyl (C=O) groups is 4. The van der Waals surface area contributed by atoms with E-state index in [-0.39, 0.29) is 5.92 Å². The number of furan rings is 2. The van der Waals surface area contributed by atoms with Gasteiger partial charge in [-0.2, -0.15) is 5.10 Å². The van der Waals surface area contributed by atoms with Crippen LogP contribution in [0.1, 0.15) is 56.6 Å². The molecule has 5 rings (SSSR count). The standard InChI is InChI=1S/C24H26N4O7/c1-15-6-2-3-9-24(15)22(31)27(23(32)25-24)13-21(30)35-14-20(29)28-17(19-8-5-11-34-19)12-16(26-28)18-7-4-10-33-18/h4-5,7-8,10-11,15,17H,2-3,6,9,12-14H2,1H3,(H,25,32). The third kappa shape index (κ3) is 4.11. The van der Waals surface area contributed by atoms with Gasteiger partial charge in [0.1, 0.15) is 35.4 Å². The first kappa shape index (κ1) is 22.9.